The summed E-state index contributed by atoms with van der Waals surface area (Å²) in [5.74, 6) is 2.71. The van der Waals surface area contributed by atoms with Gasteiger partial charge >= 0.3 is 0 Å². The Balaban J connectivity index is 1.92. The van der Waals surface area contributed by atoms with Gasteiger partial charge in [-0.3, -0.25) is 4.79 Å². The molecule has 3 aromatic rings. The van der Waals surface area contributed by atoms with Gasteiger partial charge in [0.1, 0.15) is 34.3 Å². The number of hydrogen-bond donors (Lipinski definition) is 1. The summed E-state index contributed by atoms with van der Waals surface area (Å²) in [5.41, 5.74) is 2.04. The Morgan fingerprint density at radius 3 is 1.88 bits per heavy atom. The van der Waals surface area contributed by atoms with E-state index < -0.39 is 0 Å². The summed E-state index contributed by atoms with van der Waals surface area (Å²) >= 11 is 0. The van der Waals surface area contributed by atoms with Crippen LogP contribution in [0.25, 0.3) is 11.3 Å². The number of aromatic nitrogens is 1. The molecule has 9 nitrogen and oxygen atoms in total. The van der Waals surface area contributed by atoms with E-state index in [9.17, 15) is 4.79 Å². The fourth-order valence-electron chi connectivity index (χ4n) is 3.28. The minimum Gasteiger partial charge on any atom is -0.497 e. The van der Waals surface area contributed by atoms with Gasteiger partial charge in [-0.1, -0.05) is 5.16 Å². The second-order valence-electron chi connectivity index (χ2n) is 6.77. The molecular weight excluding hydrogens is 416 g/mol. The van der Waals surface area contributed by atoms with Crippen molar-refractivity contribution in [3.05, 3.63) is 47.2 Å². The quantitative estimate of drug-likeness (QED) is 0.536. The Labute approximate surface area is 186 Å². The normalized spacial score (nSPS) is 10.4. The molecule has 1 amide bonds. The first kappa shape index (κ1) is 22.8. The highest BCUT2D eigenvalue weighted by molar-refractivity contribution is 6.00. The first-order chi connectivity index (χ1) is 15.4. The molecule has 0 spiro atoms. The van der Waals surface area contributed by atoms with E-state index in [0.29, 0.717) is 56.9 Å². The van der Waals surface area contributed by atoms with Gasteiger partial charge in [-0.05, 0) is 19.1 Å². The monoisotopic (exact) mass is 442 g/mol. The number of carbonyl (C=O) groups is 1. The Hall–Kier alpha value is -3.88. The van der Waals surface area contributed by atoms with E-state index in [-0.39, 0.29) is 12.5 Å². The SMILES string of the molecule is COc1cc(OC)cc(-c2onc(C)c2C(=O)NCc2c(OC)cc(OC)cc2OC)c1. The molecule has 2 aromatic carbocycles. The molecule has 1 aromatic heterocycles. The standard InChI is InChI=1S/C23H26N2O7/c1-13-21(22(32-25-13)14-7-15(27-2)9-16(8-14)28-3)23(26)24-12-18-19(30-5)10-17(29-4)11-20(18)31-6/h7-11H,12H2,1-6H3,(H,24,26). The minimum absolute atomic E-state index is 0.153. The van der Waals surface area contributed by atoms with E-state index in [2.05, 4.69) is 10.5 Å². The van der Waals surface area contributed by atoms with Crippen molar-refractivity contribution < 1.29 is 33.0 Å². The van der Waals surface area contributed by atoms with Gasteiger partial charge in [0, 0.05) is 23.8 Å². The molecule has 0 aliphatic heterocycles. The molecule has 3 rings (SSSR count). The van der Waals surface area contributed by atoms with Crippen molar-refractivity contribution in [2.45, 2.75) is 13.5 Å². The summed E-state index contributed by atoms with van der Waals surface area (Å²) in [7, 11) is 7.73. The number of benzene rings is 2. The lowest BCUT2D eigenvalue weighted by molar-refractivity contribution is 0.0950. The fourth-order valence-corrected chi connectivity index (χ4v) is 3.28. The molecule has 0 unspecified atom stereocenters. The molecule has 0 radical (unpaired) electrons. The lowest BCUT2D eigenvalue weighted by Gasteiger charge is -2.15. The molecule has 0 aliphatic carbocycles. The molecule has 0 aliphatic rings. The molecule has 0 fully saturated rings. The first-order valence-electron chi connectivity index (χ1n) is 9.72. The van der Waals surface area contributed by atoms with Gasteiger partial charge in [0.15, 0.2) is 5.76 Å². The van der Waals surface area contributed by atoms with Crippen molar-refractivity contribution in [2.75, 3.05) is 35.5 Å². The van der Waals surface area contributed by atoms with Crippen molar-refractivity contribution in [3.63, 3.8) is 0 Å². The summed E-state index contributed by atoms with van der Waals surface area (Å²) in [4.78, 5) is 13.1. The second-order valence-corrected chi connectivity index (χ2v) is 6.77. The van der Waals surface area contributed by atoms with E-state index in [1.165, 1.54) is 14.2 Å². The van der Waals surface area contributed by atoms with Crippen LogP contribution in [-0.4, -0.2) is 46.6 Å². The van der Waals surface area contributed by atoms with E-state index in [0.717, 1.165) is 0 Å². The number of nitrogens with one attached hydrogen (secondary N) is 1. The summed E-state index contributed by atoms with van der Waals surface area (Å²) in [6.07, 6.45) is 0. The summed E-state index contributed by atoms with van der Waals surface area (Å²) in [6, 6.07) is 8.67. The number of hydrogen-bond acceptors (Lipinski definition) is 8. The van der Waals surface area contributed by atoms with Gasteiger partial charge in [0.2, 0.25) is 0 Å². The number of rotatable bonds is 9. The van der Waals surface area contributed by atoms with Gasteiger partial charge < -0.3 is 33.5 Å². The summed E-state index contributed by atoms with van der Waals surface area (Å²) < 4.78 is 32.3. The molecule has 1 heterocycles. The number of ether oxygens (including phenoxy) is 5. The molecule has 0 atom stereocenters. The molecule has 170 valence electrons. The number of methoxy groups -OCH3 is 5. The van der Waals surface area contributed by atoms with Crippen LogP contribution in [0, 0.1) is 6.92 Å². The summed E-state index contributed by atoms with van der Waals surface area (Å²) in [5, 5.41) is 6.88. The number of nitrogens with zero attached hydrogens (tertiary/aromatic N) is 1. The van der Waals surface area contributed by atoms with Crippen LogP contribution in [0.4, 0.5) is 0 Å². The third-order valence-electron chi connectivity index (χ3n) is 4.95. The lowest BCUT2D eigenvalue weighted by Crippen LogP contribution is -2.24. The lowest BCUT2D eigenvalue weighted by atomic mass is 10.1. The third kappa shape index (κ3) is 4.56. The van der Waals surface area contributed by atoms with E-state index in [4.69, 9.17) is 28.2 Å². The van der Waals surface area contributed by atoms with Crippen LogP contribution in [0.1, 0.15) is 21.6 Å². The topological polar surface area (TPSA) is 101 Å². The van der Waals surface area contributed by atoms with Crippen LogP contribution in [0.3, 0.4) is 0 Å². The van der Waals surface area contributed by atoms with Gasteiger partial charge in [-0.25, -0.2) is 0 Å². The highest BCUT2D eigenvalue weighted by Gasteiger charge is 2.24. The number of amides is 1. The molecule has 0 saturated carbocycles. The zero-order chi connectivity index (χ0) is 23.3. The average Bonchev–Trinajstić information content (AvgIpc) is 3.22. The van der Waals surface area contributed by atoms with Crippen LogP contribution in [0.15, 0.2) is 34.9 Å². The van der Waals surface area contributed by atoms with Crippen LogP contribution in [-0.2, 0) is 6.54 Å². The maximum absolute atomic E-state index is 13.1. The largest absolute Gasteiger partial charge is 0.497 e. The number of aryl methyl sites for hydroxylation is 1. The molecular formula is C23H26N2O7. The van der Waals surface area contributed by atoms with E-state index in [1.54, 1.807) is 58.6 Å². The van der Waals surface area contributed by atoms with Gasteiger partial charge in [0.05, 0.1) is 53.4 Å². The van der Waals surface area contributed by atoms with Gasteiger partial charge in [0.25, 0.3) is 5.91 Å². The highest BCUT2D eigenvalue weighted by Crippen LogP contribution is 2.35. The van der Waals surface area contributed by atoms with Crippen LogP contribution in [0.5, 0.6) is 28.7 Å². The maximum atomic E-state index is 13.1. The Kier molecular flexibility index (Phi) is 7.09. The Bertz CT molecular complexity index is 1060. The molecule has 0 saturated heterocycles. The average molecular weight is 442 g/mol. The van der Waals surface area contributed by atoms with Crippen molar-refractivity contribution in [1.82, 2.24) is 10.5 Å². The van der Waals surface area contributed by atoms with Gasteiger partial charge in [-0.15, -0.1) is 0 Å². The minimum atomic E-state index is -0.361. The van der Waals surface area contributed by atoms with Crippen molar-refractivity contribution in [3.8, 4) is 40.1 Å². The van der Waals surface area contributed by atoms with Crippen molar-refractivity contribution in [2.24, 2.45) is 0 Å². The number of carbonyl (C=O) groups excluding carboxylic acids is 1. The predicted molar refractivity (Wildman–Crippen MR) is 117 cm³/mol. The first-order valence-corrected chi connectivity index (χ1v) is 9.72. The second kappa shape index (κ2) is 9.95. The molecule has 32 heavy (non-hydrogen) atoms. The summed E-state index contributed by atoms with van der Waals surface area (Å²) in [6.45, 7) is 1.86. The van der Waals surface area contributed by atoms with Crippen LogP contribution >= 0.6 is 0 Å². The highest BCUT2D eigenvalue weighted by atomic mass is 16.5. The van der Waals surface area contributed by atoms with E-state index >= 15 is 0 Å². The molecule has 9 heteroatoms. The zero-order valence-electron chi connectivity index (χ0n) is 18.9. The fraction of sp³-hybridized carbons (Fsp3) is 0.304. The zero-order valence-corrected chi connectivity index (χ0v) is 18.9. The molecule has 0 bridgehead atoms. The van der Waals surface area contributed by atoms with Crippen molar-refractivity contribution in [1.29, 1.82) is 0 Å². The van der Waals surface area contributed by atoms with Gasteiger partial charge in [-0.2, -0.15) is 0 Å². The third-order valence-corrected chi connectivity index (χ3v) is 4.95. The van der Waals surface area contributed by atoms with Crippen molar-refractivity contribution >= 4 is 5.91 Å². The van der Waals surface area contributed by atoms with Crippen LogP contribution in [0.2, 0.25) is 0 Å². The van der Waals surface area contributed by atoms with Crippen LogP contribution < -0.4 is 29.0 Å². The molecule has 1 N–H and O–H groups in total. The Morgan fingerprint density at radius 2 is 1.38 bits per heavy atom. The maximum Gasteiger partial charge on any atom is 0.257 e. The smallest absolute Gasteiger partial charge is 0.257 e. The van der Waals surface area contributed by atoms with E-state index in [1.807, 2.05) is 0 Å². The predicted octanol–water partition coefficient (Wildman–Crippen LogP) is 3.62. The Morgan fingerprint density at radius 1 is 0.844 bits per heavy atom.